The highest BCUT2D eigenvalue weighted by molar-refractivity contribution is 6.74. The van der Waals surface area contributed by atoms with Crippen LogP contribution in [0.2, 0.25) is 37.8 Å². The molecule has 168 valence electrons. The zero-order valence-electron chi connectivity index (χ0n) is 20.3. The summed E-state index contributed by atoms with van der Waals surface area (Å²) in [5, 5.41) is 0.204. The third-order valence-corrected chi connectivity index (χ3v) is 10.9. The van der Waals surface area contributed by atoms with Crippen molar-refractivity contribution in [1.82, 2.24) is 0 Å². The number of hydrogen-bond donors (Lipinski definition) is 0. The molecule has 0 saturated heterocycles. The molecule has 4 nitrogen and oxygen atoms in total. The average Bonchev–Trinajstić information content (AvgIpc) is 2.61. The Bertz CT molecular complexity index is 740. The highest BCUT2D eigenvalue weighted by Crippen LogP contribution is 2.38. The Morgan fingerprint density at radius 2 is 1.87 bits per heavy atom. The first-order valence-electron chi connectivity index (χ1n) is 10.6. The lowest BCUT2D eigenvalue weighted by Crippen LogP contribution is -2.40. The molecular formula is C24H40O4Si2. The van der Waals surface area contributed by atoms with Crippen molar-refractivity contribution in [2.24, 2.45) is 5.41 Å². The van der Waals surface area contributed by atoms with Crippen molar-refractivity contribution in [1.29, 1.82) is 0 Å². The predicted molar refractivity (Wildman–Crippen MR) is 130 cm³/mol. The quantitative estimate of drug-likeness (QED) is 0.146. The van der Waals surface area contributed by atoms with E-state index < -0.39 is 22.6 Å². The molecule has 1 atom stereocenters. The maximum Gasteiger partial charge on any atom is 0.384 e. The number of hydrogen-bond acceptors (Lipinski definition) is 4. The molecule has 0 saturated carbocycles. The van der Waals surface area contributed by atoms with E-state index in [1.54, 1.807) is 0 Å². The summed E-state index contributed by atoms with van der Waals surface area (Å²) in [4.78, 5) is 11.4. The number of carbonyl (C=O) groups excluding carboxylic acids is 1. The molecule has 0 fully saturated rings. The van der Waals surface area contributed by atoms with Crippen LogP contribution in [0.1, 0.15) is 40.0 Å². The van der Waals surface area contributed by atoms with Crippen molar-refractivity contribution < 1.29 is 18.4 Å². The van der Waals surface area contributed by atoms with Gasteiger partial charge in [0.1, 0.15) is 0 Å². The van der Waals surface area contributed by atoms with E-state index in [2.05, 4.69) is 100 Å². The van der Waals surface area contributed by atoms with Crippen LogP contribution in [0.4, 0.5) is 0 Å². The molecule has 0 N–H and O–H groups in total. The van der Waals surface area contributed by atoms with Crippen LogP contribution in [0.25, 0.3) is 0 Å². The van der Waals surface area contributed by atoms with Gasteiger partial charge in [-0.05, 0) is 62.8 Å². The molecule has 0 heterocycles. The second-order valence-corrected chi connectivity index (χ2v) is 19.7. The summed E-state index contributed by atoms with van der Waals surface area (Å²) in [6.45, 7) is 18.4. The van der Waals surface area contributed by atoms with Gasteiger partial charge < -0.3 is 13.6 Å². The lowest BCUT2D eigenvalue weighted by atomic mass is 9.76. The minimum absolute atomic E-state index is 0.152. The number of carbonyl (C=O) groups is 1. The minimum Gasteiger partial charge on any atom is -0.545 e. The maximum atomic E-state index is 11.4. The number of ether oxygens (including phenoxy) is 1. The Kier molecular flexibility index (Phi) is 9.40. The number of esters is 1. The van der Waals surface area contributed by atoms with Crippen molar-refractivity contribution in [2.45, 2.75) is 77.8 Å². The third-order valence-electron chi connectivity index (χ3n) is 5.59. The minimum atomic E-state index is -1.74. The standard InChI is InChI=1S/C24H40O4Si2/c1-23(2,3)30(8,9)27-20-11-10-16-24(17-12-13-22(25)26-4)18-14-21(15-19-24)28-29(5,6)7/h10-11,14-15,18H,16-17,19-20H2,1-9H3/b11-10-. The topological polar surface area (TPSA) is 44.8 Å². The van der Waals surface area contributed by atoms with Crippen LogP contribution in [-0.2, 0) is 18.4 Å². The summed E-state index contributed by atoms with van der Waals surface area (Å²) in [7, 11) is -2.04. The molecule has 0 aromatic carbocycles. The van der Waals surface area contributed by atoms with Crippen LogP contribution in [-0.4, -0.2) is 36.3 Å². The molecule has 0 bridgehead atoms. The fraction of sp³-hybridized carbons (Fsp3) is 0.625. The SMILES string of the molecule is COC(=O)C#CCC1(C/C=C\CO[Si](C)(C)C(C)(C)C)C=CC(O[Si](C)(C)C)=CC1. The molecule has 0 aromatic heterocycles. The Morgan fingerprint density at radius 3 is 2.37 bits per heavy atom. The van der Waals surface area contributed by atoms with Crippen molar-refractivity contribution in [3.05, 3.63) is 36.1 Å². The second kappa shape index (κ2) is 10.7. The molecule has 1 aliphatic carbocycles. The highest BCUT2D eigenvalue weighted by Gasteiger charge is 2.36. The lowest BCUT2D eigenvalue weighted by molar-refractivity contribution is -0.133. The van der Waals surface area contributed by atoms with Gasteiger partial charge in [0.05, 0.1) is 19.5 Å². The molecule has 1 aliphatic rings. The summed E-state index contributed by atoms with van der Waals surface area (Å²) < 4.78 is 17.0. The normalized spacial score (nSPS) is 19.8. The van der Waals surface area contributed by atoms with Crippen LogP contribution in [0.3, 0.4) is 0 Å². The molecule has 0 aromatic rings. The van der Waals surface area contributed by atoms with Gasteiger partial charge in [-0.2, -0.15) is 0 Å². The van der Waals surface area contributed by atoms with E-state index in [1.807, 2.05) is 0 Å². The molecule has 0 amide bonds. The summed E-state index contributed by atoms with van der Waals surface area (Å²) in [6, 6.07) is 0. The molecule has 0 aliphatic heterocycles. The predicted octanol–water partition coefficient (Wildman–Crippen LogP) is 6.20. The third kappa shape index (κ3) is 9.07. The van der Waals surface area contributed by atoms with Crippen LogP contribution in [0, 0.1) is 17.3 Å². The smallest absolute Gasteiger partial charge is 0.384 e. The Balaban J connectivity index is 2.82. The van der Waals surface area contributed by atoms with Gasteiger partial charge in [0.15, 0.2) is 8.32 Å². The van der Waals surface area contributed by atoms with E-state index >= 15 is 0 Å². The van der Waals surface area contributed by atoms with Gasteiger partial charge in [0.25, 0.3) is 0 Å². The Morgan fingerprint density at radius 1 is 1.20 bits per heavy atom. The first-order chi connectivity index (χ1) is 13.7. The average molecular weight is 449 g/mol. The van der Waals surface area contributed by atoms with E-state index in [9.17, 15) is 4.79 Å². The largest absolute Gasteiger partial charge is 0.545 e. The van der Waals surface area contributed by atoms with Gasteiger partial charge in [0, 0.05) is 17.8 Å². The summed E-state index contributed by atoms with van der Waals surface area (Å²) in [5.74, 6) is 6.00. The monoisotopic (exact) mass is 448 g/mol. The first-order valence-corrected chi connectivity index (χ1v) is 17.0. The molecule has 6 heteroatoms. The van der Waals surface area contributed by atoms with Crippen molar-refractivity contribution in [2.75, 3.05) is 13.7 Å². The van der Waals surface area contributed by atoms with Gasteiger partial charge >= 0.3 is 5.97 Å². The van der Waals surface area contributed by atoms with E-state index in [1.165, 1.54) is 7.11 Å². The van der Waals surface area contributed by atoms with E-state index in [4.69, 9.17) is 8.85 Å². The molecule has 1 rings (SSSR count). The van der Waals surface area contributed by atoms with Crippen molar-refractivity contribution >= 4 is 22.6 Å². The lowest BCUT2D eigenvalue weighted by Gasteiger charge is -2.35. The van der Waals surface area contributed by atoms with E-state index in [-0.39, 0.29) is 10.5 Å². The zero-order valence-corrected chi connectivity index (χ0v) is 22.3. The number of allylic oxidation sites excluding steroid dienone is 4. The number of rotatable bonds is 8. The molecular weight excluding hydrogens is 408 g/mol. The van der Waals surface area contributed by atoms with Crippen LogP contribution < -0.4 is 0 Å². The fourth-order valence-corrected chi connectivity index (χ4v) is 4.49. The van der Waals surface area contributed by atoms with Crippen LogP contribution >= 0.6 is 0 Å². The van der Waals surface area contributed by atoms with Crippen molar-refractivity contribution in [3.8, 4) is 11.8 Å². The summed E-state index contributed by atoms with van der Waals surface area (Å²) in [6.07, 6.45) is 12.9. The second-order valence-electron chi connectivity index (χ2n) is 10.4. The summed E-state index contributed by atoms with van der Waals surface area (Å²) in [5.41, 5.74) is -0.152. The van der Waals surface area contributed by atoms with E-state index in [0.29, 0.717) is 13.0 Å². The number of methoxy groups -OCH3 is 1. The van der Waals surface area contributed by atoms with E-state index in [0.717, 1.165) is 18.6 Å². The highest BCUT2D eigenvalue weighted by atomic mass is 28.4. The fourth-order valence-electron chi connectivity index (χ4n) is 2.69. The zero-order chi connectivity index (χ0) is 23.1. The first kappa shape index (κ1) is 26.5. The van der Waals surface area contributed by atoms with Crippen LogP contribution in [0.15, 0.2) is 36.1 Å². The molecule has 30 heavy (non-hydrogen) atoms. The summed E-state index contributed by atoms with van der Waals surface area (Å²) >= 11 is 0. The Hall–Kier alpha value is -1.56. The molecule has 1 unspecified atom stereocenters. The van der Waals surface area contributed by atoms with Gasteiger partial charge in [-0.1, -0.05) is 44.9 Å². The molecule has 0 radical (unpaired) electrons. The maximum absolute atomic E-state index is 11.4. The van der Waals surface area contributed by atoms with Gasteiger partial charge in [-0.25, -0.2) is 4.79 Å². The molecule has 0 spiro atoms. The van der Waals surface area contributed by atoms with Gasteiger partial charge in [-0.3, -0.25) is 0 Å². The Labute approximate surface area is 186 Å². The van der Waals surface area contributed by atoms with Gasteiger partial charge in [0.2, 0.25) is 8.32 Å². The van der Waals surface area contributed by atoms with Gasteiger partial charge in [-0.15, -0.1) is 0 Å². The van der Waals surface area contributed by atoms with Crippen molar-refractivity contribution in [3.63, 3.8) is 0 Å². The van der Waals surface area contributed by atoms with Crippen LogP contribution in [0.5, 0.6) is 0 Å².